The number of nitrogens with one attached hydrogen (secondary N) is 4. The Morgan fingerprint density at radius 2 is 0.899 bits per heavy atom. The van der Waals surface area contributed by atoms with Gasteiger partial charge in [0.25, 0.3) is 5.69 Å². The Bertz CT molecular complexity index is 5740. The molecule has 1 aromatic heterocycles. The molecular formula is C99H133F5N8O14S3. The predicted molar refractivity (Wildman–Crippen MR) is 512 cm³/mol. The molecule has 1 heterocycles. The van der Waals surface area contributed by atoms with Crippen molar-refractivity contribution in [1.29, 1.82) is 0 Å². The number of hydrogen-bond acceptors (Lipinski definition) is 17. The van der Waals surface area contributed by atoms with Gasteiger partial charge in [0.2, 0.25) is 0 Å². The highest BCUT2D eigenvalue weighted by Gasteiger charge is 2.28. The number of nitrogens with two attached hydrogens (primary N) is 3. The summed E-state index contributed by atoms with van der Waals surface area (Å²) in [5.74, 6) is -4.40. The monoisotopic (exact) mass is 1850 g/mol. The van der Waals surface area contributed by atoms with Crippen LogP contribution >= 0.6 is 0 Å². The molecule has 706 valence electrons. The van der Waals surface area contributed by atoms with Crippen LogP contribution < -0.4 is 33.2 Å². The van der Waals surface area contributed by atoms with Gasteiger partial charge in [-0.15, -0.1) is 0 Å². The highest BCUT2D eigenvalue weighted by atomic mass is 32.2. The van der Waals surface area contributed by atoms with E-state index in [1.165, 1.54) is 48.5 Å². The van der Waals surface area contributed by atoms with Crippen molar-refractivity contribution < 1.29 is 80.8 Å². The zero-order chi connectivity index (χ0) is 93.5. The maximum Gasteiger partial charge on any atom is 0.412 e. The summed E-state index contributed by atoms with van der Waals surface area (Å²) in [5.41, 5.74) is 20.3. The number of aromatic nitrogens is 1. The Hall–Kier alpha value is -11.5. The molecule has 0 spiro atoms. The number of carbonyl (C=O) groups is 4. The summed E-state index contributed by atoms with van der Waals surface area (Å²) in [6.07, 6.45) is 6.66. The summed E-state index contributed by atoms with van der Waals surface area (Å²) >= 11 is 0. The van der Waals surface area contributed by atoms with Crippen molar-refractivity contribution in [3.8, 4) is 0 Å². The first kappa shape index (κ1) is 114. The largest absolute Gasteiger partial charge is 0.460 e. The number of sulfone groups is 3. The maximum atomic E-state index is 15.2. The van der Waals surface area contributed by atoms with E-state index >= 15 is 4.39 Å². The average Bonchev–Trinajstić information content (AvgIpc) is 1.79. The van der Waals surface area contributed by atoms with Gasteiger partial charge in [-0.3, -0.25) is 25.0 Å². The van der Waals surface area contributed by atoms with Gasteiger partial charge < -0.3 is 42.3 Å². The third kappa shape index (κ3) is 36.9. The molecule has 0 aliphatic carbocycles. The van der Waals surface area contributed by atoms with Crippen LogP contribution in [0.15, 0.2) is 209 Å². The van der Waals surface area contributed by atoms with E-state index in [0.29, 0.717) is 29.2 Å². The fourth-order valence-electron chi connectivity index (χ4n) is 12.5. The van der Waals surface area contributed by atoms with E-state index in [4.69, 9.17) is 26.7 Å². The number of esters is 1. The molecule has 0 aliphatic rings. The van der Waals surface area contributed by atoms with Gasteiger partial charge in [0.05, 0.1) is 78.1 Å². The van der Waals surface area contributed by atoms with Crippen molar-refractivity contribution in [3.05, 3.63) is 278 Å². The van der Waals surface area contributed by atoms with Gasteiger partial charge in [0, 0.05) is 41.7 Å². The normalized spacial score (nSPS) is 12.0. The summed E-state index contributed by atoms with van der Waals surface area (Å²) in [5, 5.41) is 18.7. The minimum Gasteiger partial charge on any atom is -0.460 e. The number of nitro benzene ring substituents is 1. The van der Waals surface area contributed by atoms with Gasteiger partial charge in [-0.2, -0.15) is 0 Å². The van der Waals surface area contributed by atoms with Crippen LogP contribution in [0.3, 0.4) is 0 Å². The third-order valence-electron chi connectivity index (χ3n) is 19.5. The van der Waals surface area contributed by atoms with Gasteiger partial charge >= 0.3 is 18.1 Å². The van der Waals surface area contributed by atoms with E-state index in [2.05, 4.69) is 55.6 Å². The Morgan fingerprint density at radius 1 is 0.481 bits per heavy atom. The second kappa shape index (κ2) is 48.8. The van der Waals surface area contributed by atoms with Crippen molar-refractivity contribution in [3.63, 3.8) is 0 Å². The zero-order valence-corrected chi connectivity index (χ0v) is 76.4. The third-order valence-corrected chi connectivity index (χ3v) is 24.6. The fraction of sp³-hybridized carbons (Fsp3) is 0.394. The number of anilines is 5. The first-order valence-corrected chi connectivity index (χ1v) is 45.6. The zero-order valence-electron chi connectivity index (χ0n) is 73.9. The molecule has 0 bridgehead atoms. The van der Waals surface area contributed by atoms with Crippen LogP contribution in [0.5, 0.6) is 0 Å². The molecule has 1 unspecified atom stereocenters. The maximum absolute atomic E-state index is 15.2. The quantitative estimate of drug-likeness (QED) is 0.00919. The molecule has 0 saturated carbocycles. The number of urea groups is 1. The van der Waals surface area contributed by atoms with Crippen molar-refractivity contribution in [1.82, 2.24) is 10.3 Å². The molecule has 10 N–H and O–H groups in total. The van der Waals surface area contributed by atoms with E-state index in [0.717, 1.165) is 102 Å². The van der Waals surface area contributed by atoms with Crippen LogP contribution in [-0.4, -0.2) is 76.3 Å². The molecule has 10 rings (SSSR count). The number of benzene rings is 9. The number of Topliss-reactive ketones (excluding diaryl/α,β-unsaturated/α-hetero) is 1. The second-order valence-corrected chi connectivity index (χ2v) is 41.4. The predicted octanol–water partition coefficient (Wildman–Crippen LogP) is 24.2. The number of fused-ring (bicyclic) bond motifs is 1. The number of aromatic amines is 1. The topological polar surface area (TPSA) is 362 Å². The van der Waals surface area contributed by atoms with Crippen LogP contribution in [0.2, 0.25) is 0 Å². The average molecular weight is 1850 g/mol. The molecule has 3 amide bonds. The number of halogens is 5. The van der Waals surface area contributed by atoms with Gasteiger partial charge in [-0.25, -0.2) is 56.8 Å². The highest BCUT2D eigenvalue weighted by molar-refractivity contribution is 7.91. The first-order valence-electron chi connectivity index (χ1n) is 40.7. The Labute approximate surface area is 760 Å². The molecule has 9 aromatic carbocycles. The first-order chi connectivity index (χ1) is 58.0. The number of rotatable bonds is 25. The lowest BCUT2D eigenvalue weighted by molar-refractivity contribution is -0.385. The van der Waals surface area contributed by atoms with Gasteiger partial charge in [-0.1, -0.05) is 210 Å². The Balaban J connectivity index is 0.000000589. The van der Waals surface area contributed by atoms with Crippen molar-refractivity contribution in [2.45, 2.75) is 264 Å². The number of amides is 3. The number of carbonyl (C=O) groups excluding carboxylic acids is 4. The van der Waals surface area contributed by atoms with E-state index in [1.807, 2.05) is 84.1 Å². The lowest BCUT2D eigenvalue weighted by Gasteiger charge is -2.20. The number of non-ortho nitro benzene ring substituents is 1. The number of para-hydroxylation sites is 1. The number of nitrogen functional groups attached to an aromatic ring is 3. The van der Waals surface area contributed by atoms with Crippen LogP contribution in [0.4, 0.5) is 65.7 Å². The number of ketones is 1. The van der Waals surface area contributed by atoms with E-state index in [1.54, 1.807) is 108 Å². The number of hydrogen-bond donors (Lipinski definition) is 7. The molecular weight excluding hydrogens is 1720 g/mol. The minimum atomic E-state index is -3.72. The van der Waals surface area contributed by atoms with Crippen LogP contribution in [0, 0.1) is 45.1 Å². The minimum absolute atomic E-state index is 0. The molecule has 129 heavy (non-hydrogen) atoms. The summed E-state index contributed by atoms with van der Waals surface area (Å²) in [7, 11) is -10.9. The van der Waals surface area contributed by atoms with Gasteiger partial charge in [0.1, 0.15) is 34.5 Å². The fourth-order valence-corrected chi connectivity index (χ4v) is 16.5. The van der Waals surface area contributed by atoms with E-state index in [-0.39, 0.29) is 136 Å². The lowest BCUT2D eigenvalue weighted by Crippen LogP contribution is -2.44. The molecule has 2 atom stereocenters. The van der Waals surface area contributed by atoms with Crippen molar-refractivity contribution in [2.24, 2.45) is 5.92 Å². The van der Waals surface area contributed by atoms with Crippen LogP contribution in [-0.2, 0) is 94.9 Å². The number of nitrogens with zero attached hydrogens (tertiary/aromatic N) is 1. The number of ether oxygens (including phenoxy) is 2. The summed E-state index contributed by atoms with van der Waals surface area (Å²) in [6.45, 7) is 33.2. The van der Waals surface area contributed by atoms with Crippen molar-refractivity contribution in [2.75, 3.05) is 27.8 Å². The molecule has 10 aromatic rings. The molecule has 0 saturated heterocycles. The second-order valence-electron chi connectivity index (χ2n) is 35.4. The molecule has 30 heteroatoms. The van der Waals surface area contributed by atoms with Gasteiger partial charge in [-0.05, 0) is 212 Å². The Morgan fingerprint density at radius 3 is 1.29 bits per heavy atom. The molecule has 0 aliphatic heterocycles. The smallest absolute Gasteiger partial charge is 0.412 e. The van der Waals surface area contributed by atoms with Crippen LogP contribution in [0.25, 0.3) is 10.9 Å². The number of H-pyrrole nitrogens is 1. The van der Waals surface area contributed by atoms with Crippen molar-refractivity contribution >= 4 is 98.4 Å². The highest BCUT2D eigenvalue weighted by Crippen LogP contribution is 2.32. The summed E-state index contributed by atoms with van der Waals surface area (Å²) in [6, 6.07) is 45.8. The molecule has 0 fully saturated rings. The SMILES string of the molecule is C.C.C.C.CC(C)(C)OC(=O)Cc1ccc(N)cc1F.CC(C)(C)OC(=O)Nc1ccc(CS(=O)(=O)c2ccc(C(C)(C)C)cc2)cc1F.CC(C)(C)c1ccc(S(=O)(=O)Cc2ccc(N)c(F)c2)cc1.CCCCC(CC)CCC(=O)[C@@H](Cc1c[nH]c2ccccc12)NC(=O)Nc1ccc(CS(=O)(=O)c2ccc(C(C)(C)C)cc2)cc1F.Nc1ccc([N+](=O)[O-])cc1F. The number of unbranched alkanes of at least 4 members (excludes halogenated alkanes) is 1. The number of nitro groups is 1. The van der Waals surface area contributed by atoms with Gasteiger partial charge in [0.15, 0.2) is 41.1 Å². The van der Waals surface area contributed by atoms with E-state index < -0.39 is 98.9 Å². The molecule has 22 nitrogen and oxygen atoms in total. The molecule has 0 radical (unpaired) electrons. The summed E-state index contributed by atoms with van der Waals surface area (Å²) < 4.78 is 155. The lowest BCUT2D eigenvalue weighted by atomic mass is 9.87. The standard InChI is InChI=1S/C38H48FN3O4S.C22H28FNO4S.C17H20FNO2S.C12H16FNO2.C6H5FN2O2.4CH4/c1-6-8-11-26(7-2)15-21-36(43)35(23-28-24-40-33-13-10-9-12-31(28)33)42-37(44)41-34-20-14-27(22-32(34)39)25-47(45,46)30-18-16-29(17-19-30)38(3,4)5;1-21(2,3)16-8-10-17(11-9-16)29(26,27)14-15-7-12-19(18(23)13-15)24-20(25)28-22(4,5)6;1-17(2,3)13-5-7-14(8-6-13)22(20,21)11-12-4-9-16(19)15(18)10-12;1-12(2,3)16-11(15)6-8-4-5-9(14)7-10(8)13;7-5-3-4(9(10)11)1-2-6(5)8;;;;/h9-10,12-14,16-20,22,24,26,35,40H,6-8,11,15,21,23,25H2,1-5H3,(H2,41,42,44);7-13H,14H2,1-6H3,(H,24,25);4-10H,11,19H2,1-3H3;4-5,7H,6,14H2,1-3H3;1-3H,8H2;4*1H4/t26?,35-;;;;;;;;/m1......../s1. The summed E-state index contributed by atoms with van der Waals surface area (Å²) in [4.78, 5) is 63.1. The Kier molecular flexibility index (Phi) is 42.9. The van der Waals surface area contributed by atoms with E-state index in [9.17, 15) is 72.1 Å². The van der Waals surface area contributed by atoms with Crippen LogP contribution in [0.1, 0.15) is 230 Å².